The fourth-order valence-corrected chi connectivity index (χ4v) is 2.16. The molecule has 0 saturated carbocycles. The van der Waals surface area contributed by atoms with Crippen LogP contribution in [0.1, 0.15) is 26.7 Å². The third-order valence-corrected chi connectivity index (χ3v) is 3.28. The number of fused-ring (bicyclic) bond motifs is 1. The minimum absolute atomic E-state index is 0.138. The van der Waals surface area contributed by atoms with Gasteiger partial charge in [0.05, 0.1) is 6.10 Å². The maximum atomic E-state index is 9.93. The summed E-state index contributed by atoms with van der Waals surface area (Å²) in [7, 11) is 0. The van der Waals surface area contributed by atoms with Gasteiger partial charge in [0.15, 0.2) is 0 Å². The second-order valence-corrected chi connectivity index (χ2v) is 4.52. The first-order valence-corrected chi connectivity index (χ1v) is 6.58. The van der Waals surface area contributed by atoms with Crippen molar-refractivity contribution < 1.29 is 9.84 Å². The summed E-state index contributed by atoms with van der Waals surface area (Å²) >= 11 is 0. The SMILES string of the molecule is CCC(O)C(CC)Oc1cccc2ccccc12. The van der Waals surface area contributed by atoms with Crippen LogP contribution in [0, 0.1) is 0 Å². The summed E-state index contributed by atoms with van der Waals surface area (Å²) in [6.45, 7) is 4.01. The monoisotopic (exact) mass is 244 g/mol. The Bertz CT molecular complexity index is 502. The van der Waals surface area contributed by atoms with Crippen molar-refractivity contribution in [3.05, 3.63) is 42.5 Å². The van der Waals surface area contributed by atoms with E-state index in [1.54, 1.807) is 0 Å². The van der Waals surface area contributed by atoms with Gasteiger partial charge in [0, 0.05) is 5.39 Å². The molecule has 2 unspecified atom stereocenters. The zero-order valence-corrected chi connectivity index (χ0v) is 11.0. The maximum Gasteiger partial charge on any atom is 0.127 e. The molecule has 0 saturated heterocycles. The first-order valence-electron chi connectivity index (χ1n) is 6.58. The van der Waals surface area contributed by atoms with Gasteiger partial charge in [-0.1, -0.05) is 50.2 Å². The van der Waals surface area contributed by atoms with Gasteiger partial charge in [-0.2, -0.15) is 0 Å². The summed E-state index contributed by atoms with van der Waals surface area (Å²) in [5.41, 5.74) is 0. The van der Waals surface area contributed by atoms with Crippen LogP contribution in [-0.2, 0) is 0 Å². The minimum Gasteiger partial charge on any atom is -0.487 e. The Balaban J connectivity index is 2.30. The van der Waals surface area contributed by atoms with Crippen molar-refractivity contribution in [1.29, 1.82) is 0 Å². The molecular formula is C16H20O2. The highest BCUT2D eigenvalue weighted by Crippen LogP contribution is 2.27. The van der Waals surface area contributed by atoms with Crippen molar-refractivity contribution in [2.45, 2.75) is 38.9 Å². The van der Waals surface area contributed by atoms with Crippen LogP contribution >= 0.6 is 0 Å². The van der Waals surface area contributed by atoms with Crippen molar-refractivity contribution in [1.82, 2.24) is 0 Å². The number of rotatable bonds is 5. The molecule has 0 heterocycles. The molecule has 0 aliphatic rings. The molecule has 0 fully saturated rings. The molecule has 0 bridgehead atoms. The average Bonchev–Trinajstić information content (AvgIpc) is 2.44. The zero-order chi connectivity index (χ0) is 13.0. The molecule has 0 amide bonds. The molecule has 2 aromatic rings. The fourth-order valence-electron chi connectivity index (χ4n) is 2.16. The summed E-state index contributed by atoms with van der Waals surface area (Å²) in [5, 5.41) is 12.2. The van der Waals surface area contributed by atoms with Gasteiger partial charge in [-0.3, -0.25) is 0 Å². The third kappa shape index (κ3) is 2.65. The lowest BCUT2D eigenvalue weighted by atomic mass is 10.1. The van der Waals surface area contributed by atoms with E-state index >= 15 is 0 Å². The van der Waals surface area contributed by atoms with Crippen LogP contribution < -0.4 is 4.74 Å². The molecule has 2 nitrogen and oxygen atoms in total. The third-order valence-electron chi connectivity index (χ3n) is 3.28. The van der Waals surface area contributed by atoms with E-state index in [4.69, 9.17) is 4.74 Å². The molecule has 1 N–H and O–H groups in total. The molecule has 0 radical (unpaired) electrons. The molecular weight excluding hydrogens is 224 g/mol. The van der Waals surface area contributed by atoms with E-state index in [0.29, 0.717) is 6.42 Å². The van der Waals surface area contributed by atoms with Gasteiger partial charge < -0.3 is 9.84 Å². The predicted octanol–water partition coefficient (Wildman–Crippen LogP) is 3.77. The van der Waals surface area contributed by atoms with Gasteiger partial charge in [0.25, 0.3) is 0 Å². The van der Waals surface area contributed by atoms with Crippen molar-refractivity contribution in [2.24, 2.45) is 0 Å². The van der Waals surface area contributed by atoms with Gasteiger partial charge in [0.2, 0.25) is 0 Å². The summed E-state index contributed by atoms with van der Waals surface area (Å²) in [4.78, 5) is 0. The number of benzene rings is 2. The standard InChI is InChI=1S/C16H20O2/c1-3-14(17)15(4-2)18-16-11-7-9-12-8-5-6-10-13(12)16/h5-11,14-15,17H,3-4H2,1-2H3. The molecule has 0 aliphatic carbocycles. The summed E-state index contributed by atoms with van der Waals surface area (Å²) < 4.78 is 5.98. The van der Waals surface area contributed by atoms with Crippen molar-refractivity contribution in [3.63, 3.8) is 0 Å². The number of hydrogen-bond donors (Lipinski definition) is 1. The molecule has 2 rings (SSSR count). The van der Waals surface area contributed by atoms with Crippen molar-refractivity contribution in [2.75, 3.05) is 0 Å². The van der Waals surface area contributed by atoms with Crippen LogP contribution in [0.15, 0.2) is 42.5 Å². The number of ether oxygens (including phenoxy) is 1. The highest BCUT2D eigenvalue weighted by Gasteiger charge is 2.18. The molecule has 0 spiro atoms. The normalized spacial score (nSPS) is 14.4. The molecule has 2 aromatic carbocycles. The highest BCUT2D eigenvalue weighted by molar-refractivity contribution is 5.88. The quantitative estimate of drug-likeness (QED) is 0.867. The number of aliphatic hydroxyl groups is 1. The van der Waals surface area contributed by atoms with E-state index in [2.05, 4.69) is 18.2 Å². The Labute approximate surface area is 108 Å². The fraction of sp³-hybridized carbons (Fsp3) is 0.375. The first kappa shape index (κ1) is 12.9. The van der Waals surface area contributed by atoms with Gasteiger partial charge in [-0.05, 0) is 24.3 Å². The van der Waals surface area contributed by atoms with Gasteiger partial charge in [-0.15, -0.1) is 0 Å². The van der Waals surface area contributed by atoms with Crippen LogP contribution in [0.4, 0.5) is 0 Å². The second kappa shape index (κ2) is 5.87. The van der Waals surface area contributed by atoms with Crippen LogP contribution in [0.5, 0.6) is 5.75 Å². The smallest absolute Gasteiger partial charge is 0.127 e. The van der Waals surface area contributed by atoms with E-state index in [1.165, 1.54) is 0 Å². The summed E-state index contributed by atoms with van der Waals surface area (Å²) in [6.07, 6.45) is 0.969. The first-order chi connectivity index (χ1) is 8.76. The van der Waals surface area contributed by atoms with Gasteiger partial charge in [-0.25, -0.2) is 0 Å². The Morgan fingerprint density at radius 3 is 2.44 bits per heavy atom. The highest BCUT2D eigenvalue weighted by atomic mass is 16.5. The van der Waals surface area contributed by atoms with Crippen molar-refractivity contribution >= 4 is 10.8 Å². The number of hydrogen-bond acceptors (Lipinski definition) is 2. The average molecular weight is 244 g/mol. The minimum atomic E-state index is -0.408. The van der Waals surface area contributed by atoms with Gasteiger partial charge >= 0.3 is 0 Å². The van der Waals surface area contributed by atoms with Crippen LogP contribution in [0.3, 0.4) is 0 Å². The van der Waals surface area contributed by atoms with Gasteiger partial charge in [0.1, 0.15) is 11.9 Å². The summed E-state index contributed by atoms with van der Waals surface area (Å²) in [5.74, 6) is 0.854. The van der Waals surface area contributed by atoms with E-state index in [1.807, 2.05) is 38.1 Å². The number of aliphatic hydroxyl groups excluding tert-OH is 1. The Hall–Kier alpha value is -1.54. The molecule has 96 valence electrons. The Morgan fingerprint density at radius 2 is 1.72 bits per heavy atom. The van der Waals surface area contributed by atoms with E-state index < -0.39 is 6.10 Å². The van der Waals surface area contributed by atoms with Crippen molar-refractivity contribution in [3.8, 4) is 5.75 Å². The van der Waals surface area contributed by atoms with Crippen LogP contribution in [-0.4, -0.2) is 17.3 Å². The maximum absolute atomic E-state index is 9.93. The lowest BCUT2D eigenvalue weighted by Gasteiger charge is -2.23. The summed E-state index contributed by atoms with van der Waals surface area (Å²) in [6, 6.07) is 14.2. The molecule has 0 aliphatic heterocycles. The molecule has 0 aromatic heterocycles. The lowest BCUT2D eigenvalue weighted by Crippen LogP contribution is -2.30. The van der Waals surface area contributed by atoms with E-state index in [0.717, 1.165) is 22.9 Å². The molecule has 18 heavy (non-hydrogen) atoms. The Morgan fingerprint density at radius 1 is 1.00 bits per heavy atom. The van der Waals surface area contributed by atoms with Crippen LogP contribution in [0.25, 0.3) is 10.8 Å². The Kier molecular flexibility index (Phi) is 4.21. The molecule has 2 heteroatoms. The second-order valence-electron chi connectivity index (χ2n) is 4.52. The largest absolute Gasteiger partial charge is 0.487 e. The molecule has 2 atom stereocenters. The zero-order valence-electron chi connectivity index (χ0n) is 11.0. The topological polar surface area (TPSA) is 29.5 Å². The lowest BCUT2D eigenvalue weighted by molar-refractivity contribution is 0.0329. The van der Waals surface area contributed by atoms with E-state index in [-0.39, 0.29) is 6.10 Å². The predicted molar refractivity (Wildman–Crippen MR) is 75.0 cm³/mol. The van der Waals surface area contributed by atoms with E-state index in [9.17, 15) is 5.11 Å². The van der Waals surface area contributed by atoms with Crippen LogP contribution in [0.2, 0.25) is 0 Å².